The Morgan fingerprint density at radius 1 is 1.11 bits per heavy atom. The first-order chi connectivity index (χ1) is 13.0. The number of hydrogen-bond acceptors (Lipinski definition) is 4. The van der Waals surface area contributed by atoms with E-state index in [4.69, 9.17) is 0 Å². The summed E-state index contributed by atoms with van der Waals surface area (Å²) in [5, 5.41) is 5.40. The van der Waals surface area contributed by atoms with Gasteiger partial charge in [0.2, 0.25) is 0 Å². The van der Waals surface area contributed by atoms with Crippen molar-refractivity contribution in [2.45, 2.75) is 40.3 Å². The molecule has 0 amide bonds. The van der Waals surface area contributed by atoms with Gasteiger partial charge in [-0.1, -0.05) is 11.6 Å². The molecule has 1 aromatic carbocycles. The minimum Gasteiger partial charge on any atom is -0.331 e. The van der Waals surface area contributed by atoms with Gasteiger partial charge in [-0.25, -0.2) is 9.97 Å². The van der Waals surface area contributed by atoms with E-state index >= 15 is 0 Å². The van der Waals surface area contributed by atoms with Crippen LogP contribution in [0.2, 0.25) is 0 Å². The summed E-state index contributed by atoms with van der Waals surface area (Å²) in [4.78, 5) is 24.3. The number of fused-ring (bicyclic) bond motifs is 1. The fraction of sp³-hybridized carbons (Fsp3) is 0.300. The van der Waals surface area contributed by atoms with Crippen molar-refractivity contribution in [3.8, 4) is 11.4 Å². The third kappa shape index (κ3) is 3.40. The molecule has 4 rings (SSSR count). The number of aryl methyl sites for hydroxylation is 5. The molecule has 0 aliphatic rings. The van der Waals surface area contributed by atoms with Gasteiger partial charge in [-0.3, -0.25) is 9.48 Å². The van der Waals surface area contributed by atoms with Crippen LogP contribution in [0.15, 0.2) is 41.5 Å². The van der Waals surface area contributed by atoms with Crippen LogP contribution in [0.25, 0.3) is 22.3 Å². The normalized spacial score (nSPS) is 11.4. The monoisotopic (exact) mass is 362 g/mol. The summed E-state index contributed by atoms with van der Waals surface area (Å²) in [6, 6.07) is 7.92. The van der Waals surface area contributed by atoms with Gasteiger partial charge in [0.1, 0.15) is 17.5 Å². The van der Waals surface area contributed by atoms with Crippen LogP contribution in [0.3, 0.4) is 0 Å². The zero-order chi connectivity index (χ0) is 19.0. The number of hydrogen-bond donors (Lipinski definition) is 1. The molecule has 0 aliphatic heterocycles. The maximum atomic E-state index is 12.6. The van der Waals surface area contributed by atoms with E-state index in [-0.39, 0.29) is 5.56 Å². The average molecular weight is 362 g/mol. The van der Waals surface area contributed by atoms with E-state index in [9.17, 15) is 4.79 Å². The van der Waals surface area contributed by atoms with Crippen molar-refractivity contribution >= 4 is 10.9 Å². The summed E-state index contributed by atoms with van der Waals surface area (Å²) in [7, 11) is 0. The number of benzene rings is 1. The van der Waals surface area contributed by atoms with E-state index in [1.165, 1.54) is 0 Å². The highest BCUT2D eigenvalue weighted by Crippen LogP contribution is 2.19. The lowest BCUT2D eigenvalue weighted by atomic mass is 10.1. The summed E-state index contributed by atoms with van der Waals surface area (Å²) in [5.74, 6) is 2.39. The summed E-state index contributed by atoms with van der Waals surface area (Å²) in [6.07, 6.45) is 4.52. The van der Waals surface area contributed by atoms with Crippen LogP contribution in [0.5, 0.6) is 0 Å². The lowest BCUT2D eigenvalue weighted by Gasteiger charge is -2.09. The summed E-state index contributed by atoms with van der Waals surface area (Å²) in [5.41, 5.74) is 2.46. The molecule has 0 saturated heterocycles. The topological polar surface area (TPSA) is 81.4 Å². The van der Waals surface area contributed by atoms with Gasteiger partial charge in [0.15, 0.2) is 0 Å². The van der Waals surface area contributed by atoms with Gasteiger partial charge in [-0.2, -0.15) is 5.10 Å². The first-order valence-electron chi connectivity index (χ1n) is 9.04. The predicted molar refractivity (Wildman–Crippen MR) is 105 cm³/mol. The average Bonchev–Trinajstić information content (AvgIpc) is 3.21. The number of nitrogens with one attached hydrogen (secondary N) is 1. The molecule has 138 valence electrons. The standard InChI is InChI=1S/C20H22N6O/c1-13-5-6-18-16(11-13)12-17(20(27)23-18)19-21-7-10-25(19)8-4-9-26-15(3)22-14(2)24-26/h5-7,10-12H,4,8-9H2,1-3H3,(H,23,27). The van der Waals surface area contributed by atoms with Crippen molar-refractivity contribution in [2.24, 2.45) is 0 Å². The van der Waals surface area contributed by atoms with E-state index in [1.807, 2.05) is 54.4 Å². The van der Waals surface area contributed by atoms with Crippen LogP contribution in [0, 0.1) is 20.8 Å². The molecular weight excluding hydrogens is 340 g/mol. The quantitative estimate of drug-likeness (QED) is 0.592. The number of aromatic amines is 1. The first kappa shape index (κ1) is 17.2. The highest BCUT2D eigenvalue weighted by atomic mass is 16.1. The van der Waals surface area contributed by atoms with E-state index in [2.05, 4.69) is 26.1 Å². The van der Waals surface area contributed by atoms with Crippen LogP contribution in [-0.2, 0) is 13.1 Å². The molecule has 0 atom stereocenters. The van der Waals surface area contributed by atoms with Gasteiger partial charge in [0.25, 0.3) is 5.56 Å². The summed E-state index contributed by atoms with van der Waals surface area (Å²) >= 11 is 0. The number of imidazole rings is 1. The smallest absolute Gasteiger partial charge is 0.259 e. The number of pyridine rings is 1. The molecule has 0 spiro atoms. The fourth-order valence-electron chi connectivity index (χ4n) is 3.39. The Labute approximate surface area is 156 Å². The van der Waals surface area contributed by atoms with E-state index in [1.54, 1.807) is 6.20 Å². The van der Waals surface area contributed by atoms with Crippen molar-refractivity contribution < 1.29 is 0 Å². The van der Waals surface area contributed by atoms with Crippen molar-refractivity contribution in [3.63, 3.8) is 0 Å². The third-order valence-corrected chi connectivity index (χ3v) is 4.69. The summed E-state index contributed by atoms with van der Waals surface area (Å²) < 4.78 is 3.93. The first-order valence-corrected chi connectivity index (χ1v) is 9.04. The molecule has 7 nitrogen and oxygen atoms in total. The van der Waals surface area contributed by atoms with E-state index in [0.717, 1.165) is 47.6 Å². The van der Waals surface area contributed by atoms with Crippen molar-refractivity contribution in [3.05, 3.63) is 64.2 Å². The molecule has 0 saturated carbocycles. The Kier molecular flexibility index (Phi) is 4.35. The Balaban J connectivity index is 1.60. The molecule has 7 heteroatoms. The van der Waals surface area contributed by atoms with Crippen LogP contribution in [-0.4, -0.2) is 29.3 Å². The van der Waals surface area contributed by atoms with Crippen molar-refractivity contribution in [1.82, 2.24) is 29.3 Å². The van der Waals surface area contributed by atoms with Gasteiger partial charge in [0.05, 0.1) is 5.56 Å². The SMILES string of the molecule is Cc1ccc2[nH]c(=O)c(-c3nccn3CCCn3nc(C)nc3C)cc2c1. The van der Waals surface area contributed by atoms with E-state index < -0.39 is 0 Å². The lowest BCUT2D eigenvalue weighted by molar-refractivity contribution is 0.516. The predicted octanol–water partition coefficient (Wildman–Crippen LogP) is 3.00. The minimum absolute atomic E-state index is 0.124. The zero-order valence-electron chi connectivity index (χ0n) is 15.7. The fourth-order valence-corrected chi connectivity index (χ4v) is 3.39. The second kappa shape index (κ2) is 6.83. The molecule has 27 heavy (non-hydrogen) atoms. The van der Waals surface area contributed by atoms with Crippen LogP contribution in [0.1, 0.15) is 23.6 Å². The number of aromatic nitrogens is 6. The van der Waals surface area contributed by atoms with Crippen LogP contribution >= 0.6 is 0 Å². The largest absolute Gasteiger partial charge is 0.331 e. The number of H-pyrrole nitrogens is 1. The molecule has 0 bridgehead atoms. The second-order valence-corrected chi connectivity index (χ2v) is 6.83. The lowest BCUT2D eigenvalue weighted by Crippen LogP contribution is -2.13. The highest BCUT2D eigenvalue weighted by Gasteiger charge is 2.12. The van der Waals surface area contributed by atoms with Gasteiger partial charge in [0, 0.05) is 31.0 Å². The molecule has 0 radical (unpaired) electrons. The van der Waals surface area contributed by atoms with Crippen LogP contribution < -0.4 is 5.56 Å². The minimum atomic E-state index is -0.124. The molecule has 3 heterocycles. The van der Waals surface area contributed by atoms with Gasteiger partial charge in [-0.05, 0) is 50.8 Å². The summed E-state index contributed by atoms with van der Waals surface area (Å²) in [6.45, 7) is 7.42. The van der Waals surface area contributed by atoms with E-state index in [0.29, 0.717) is 11.4 Å². The molecule has 1 N–H and O–H groups in total. The van der Waals surface area contributed by atoms with Crippen LogP contribution in [0.4, 0.5) is 0 Å². The maximum Gasteiger partial charge on any atom is 0.259 e. The zero-order valence-corrected chi connectivity index (χ0v) is 15.7. The Morgan fingerprint density at radius 2 is 1.96 bits per heavy atom. The van der Waals surface area contributed by atoms with Gasteiger partial charge in [-0.15, -0.1) is 0 Å². The second-order valence-electron chi connectivity index (χ2n) is 6.83. The molecular formula is C20H22N6O. The molecule has 0 unspecified atom stereocenters. The van der Waals surface area contributed by atoms with Gasteiger partial charge < -0.3 is 9.55 Å². The van der Waals surface area contributed by atoms with Crippen molar-refractivity contribution in [2.75, 3.05) is 0 Å². The molecule has 4 aromatic rings. The Bertz CT molecular complexity index is 1170. The third-order valence-electron chi connectivity index (χ3n) is 4.69. The number of nitrogens with zero attached hydrogens (tertiary/aromatic N) is 5. The molecule has 0 fully saturated rings. The highest BCUT2D eigenvalue weighted by molar-refractivity contribution is 5.83. The maximum absolute atomic E-state index is 12.6. The van der Waals surface area contributed by atoms with Gasteiger partial charge >= 0.3 is 0 Å². The van der Waals surface area contributed by atoms with Crippen molar-refractivity contribution in [1.29, 1.82) is 0 Å². The number of rotatable bonds is 5. The Hall–Kier alpha value is -3.22. The molecule has 0 aliphatic carbocycles. The Morgan fingerprint density at radius 3 is 2.74 bits per heavy atom. The molecule has 3 aromatic heterocycles.